The Morgan fingerprint density at radius 2 is 1.16 bits per heavy atom. The van der Waals surface area contributed by atoms with Gasteiger partial charge in [0, 0.05) is 39.5 Å². The maximum absolute atomic E-state index is 13.9. The molecule has 0 saturated carbocycles. The molecule has 3 aromatic heterocycles. The van der Waals surface area contributed by atoms with E-state index < -0.39 is 11.7 Å². The topological polar surface area (TPSA) is 46.5 Å². The molecule has 3 heterocycles. The molecule has 4 nitrogen and oxygen atoms in total. The Morgan fingerprint density at radius 1 is 0.622 bits per heavy atom. The lowest BCUT2D eigenvalue weighted by molar-refractivity contribution is -0.137. The summed E-state index contributed by atoms with van der Waals surface area (Å²) in [6.45, 7) is 2.06. The van der Waals surface area contributed by atoms with Gasteiger partial charge in [-0.15, -0.1) is 0 Å². The fourth-order valence-corrected chi connectivity index (χ4v) is 6.60. The van der Waals surface area contributed by atoms with Gasteiger partial charge < -0.3 is 9.13 Å². The molecule has 0 aliphatic rings. The number of para-hydroxylation sites is 2. The van der Waals surface area contributed by atoms with Crippen LogP contribution >= 0.6 is 0 Å². The number of fused-ring (bicyclic) bond motifs is 6. The molecule has 0 fully saturated rings. The molecule has 0 saturated heterocycles. The van der Waals surface area contributed by atoms with Crippen molar-refractivity contribution < 1.29 is 13.2 Å². The van der Waals surface area contributed by atoms with Crippen LogP contribution in [0.15, 0.2) is 122 Å². The van der Waals surface area contributed by atoms with Gasteiger partial charge in [0.05, 0.1) is 50.6 Å². The molecule has 8 rings (SSSR count). The third-order valence-corrected chi connectivity index (χ3v) is 8.50. The van der Waals surface area contributed by atoms with Crippen molar-refractivity contribution in [1.29, 1.82) is 5.26 Å². The van der Waals surface area contributed by atoms with Gasteiger partial charge in [-0.25, -0.2) is 0 Å². The Bertz CT molecular complexity index is 2500. The van der Waals surface area contributed by atoms with Crippen LogP contribution in [0.1, 0.15) is 16.7 Å². The van der Waals surface area contributed by atoms with Crippen LogP contribution in [-0.2, 0) is 6.18 Å². The number of hydrogen-bond donors (Lipinski definition) is 0. The number of pyridine rings is 1. The van der Waals surface area contributed by atoms with E-state index >= 15 is 0 Å². The van der Waals surface area contributed by atoms with E-state index in [0.717, 1.165) is 55.8 Å². The molecule has 45 heavy (non-hydrogen) atoms. The number of nitriles is 1. The zero-order chi connectivity index (χ0) is 30.9. The summed E-state index contributed by atoms with van der Waals surface area (Å²) < 4.78 is 45.8. The first-order chi connectivity index (χ1) is 21.8. The molecule has 0 unspecified atom stereocenters. The number of rotatable bonds is 3. The molecule has 216 valence electrons. The summed E-state index contributed by atoms with van der Waals surface area (Å²) in [5.41, 5.74) is 7.30. The van der Waals surface area contributed by atoms with Gasteiger partial charge >= 0.3 is 6.18 Å². The molecular formula is C38H23F3N4. The molecule has 7 heteroatoms. The lowest BCUT2D eigenvalue weighted by Crippen LogP contribution is -2.06. The molecule has 0 aliphatic heterocycles. The van der Waals surface area contributed by atoms with E-state index in [9.17, 15) is 18.4 Å². The van der Waals surface area contributed by atoms with E-state index in [1.807, 2.05) is 65.2 Å². The highest BCUT2D eigenvalue weighted by molar-refractivity contribution is 6.12. The van der Waals surface area contributed by atoms with Crippen molar-refractivity contribution in [3.63, 3.8) is 0 Å². The summed E-state index contributed by atoms with van der Waals surface area (Å²) in [5, 5.41) is 13.7. The highest BCUT2D eigenvalue weighted by Gasteiger charge is 2.31. The number of alkyl halides is 3. The molecule has 0 spiro atoms. The van der Waals surface area contributed by atoms with E-state index in [0.29, 0.717) is 27.5 Å². The fourth-order valence-electron chi connectivity index (χ4n) is 6.60. The standard InChI is InChI=1S/C38H23F3N4/c1-23-10-12-33-29(18-23)27-6-2-4-8-31(27)44(33)35-19-24(22-42)20-36(37(35)25-14-16-43-17-15-25)45-32-9-5-3-7-28(32)30-21-26(38(39,40)41)11-13-34(30)45/h2-21H,1H3. The van der Waals surface area contributed by atoms with Gasteiger partial charge in [0.15, 0.2) is 0 Å². The summed E-state index contributed by atoms with van der Waals surface area (Å²) in [6, 6.07) is 35.7. The van der Waals surface area contributed by atoms with Crippen LogP contribution in [0.4, 0.5) is 13.2 Å². The normalized spacial score (nSPS) is 12.0. The highest BCUT2D eigenvalue weighted by Crippen LogP contribution is 2.43. The first kappa shape index (κ1) is 26.7. The molecule has 0 aliphatic carbocycles. The molecular weight excluding hydrogens is 569 g/mol. The average Bonchev–Trinajstić information content (AvgIpc) is 3.56. The van der Waals surface area contributed by atoms with Gasteiger partial charge in [-0.1, -0.05) is 48.0 Å². The minimum absolute atomic E-state index is 0.425. The second kappa shape index (κ2) is 9.83. The van der Waals surface area contributed by atoms with Gasteiger partial charge in [0.1, 0.15) is 0 Å². The quantitative estimate of drug-likeness (QED) is 0.205. The predicted molar refractivity (Wildman–Crippen MR) is 173 cm³/mol. The Morgan fingerprint density at radius 3 is 1.73 bits per heavy atom. The Hall–Kier alpha value is -5.87. The first-order valence-electron chi connectivity index (χ1n) is 14.4. The molecule has 0 N–H and O–H groups in total. The lowest BCUT2D eigenvalue weighted by Gasteiger charge is -2.21. The molecule has 5 aromatic carbocycles. The van der Waals surface area contributed by atoms with E-state index in [1.165, 1.54) is 12.1 Å². The third kappa shape index (κ3) is 4.10. The fraction of sp³-hybridized carbons (Fsp3) is 0.0526. The van der Waals surface area contributed by atoms with Crippen LogP contribution in [0.25, 0.3) is 66.1 Å². The number of nitrogens with zero attached hydrogens (tertiary/aromatic N) is 4. The minimum atomic E-state index is -4.48. The lowest BCUT2D eigenvalue weighted by atomic mass is 9.99. The maximum atomic E-state index is 13.9. The van der Waals surface area contributed by atoms with Crippen molar-refractivity contribution >= 4 is 43.6 Å². The number of hydrogen-bond acceptors (Lipinski definition) is 2. The minimum Gasteiger partial charge on any atom is -0.308 e. The molecule has 0 amide bonds. The van der Waals surface area contributed by atoms with Gasteiger partial charge in [-0.3, -0.25) is 4.98 Å². The second-order valence-corrected chi connectivity index (χ2v) is 11.2. The maximum Gasteiger partial charge on any atom is 0.416 e. The Labute approximate surface area is 255 Å². The van der Waals surface area contributed by atoms with Crippen molar-refractivity contribution in [2.75, 3.05) is 0 Å². The SMILES string of the molecule is Cc1ccc2c(c1)c1ccccc1n2-c1cc(C#N)cc(-n2c3ccccc3c3cc(C(F)(F)F)ccc32)c1-c1ccncc1. The summed E-state index contributed by atoms with van der Waals surface area (Å²) in [7, 11) is 0. The average molecular weight is 593 g/mol. The van der Waals surface area contributed by atoms with E-state index in [2.05, 4.69) is 52.9 Å². The molecule has 0 bridgehead atoms. The van der Waals surface area contributed by atoms with Crippen molar-refractivity contribution in [2.24, 2.45) is 0 Å². The zero-order valence-corrected chi connectivity index (χ0v) is 24.0. The van der Waals surface area contributed by atoms with Crippen molar-refractivity contribution in [3.8, 4) is 28.6 Å². The summed E-state index contributed by atoms with van der Waals surface area (Å²) in [4.78, 5) is 4.26. The summed E-state index contributed by atoms with van der Waals surface area (Å²) in [6.07, 6.45) is -1.04. The Kier molecular flexibility index (Phi) is 5.84. The highest BCUT2D eigenvalue weighted by atomic mass is 19.4. The number of aromatic nitrogens is 3. The smallest absolute Gasteiger partial charge is 0.308 e. The van der Waals surface area contributed by atoms with Crippen LogP contribution < -0.4 is 0 Å². The van der Waals surface area contributed by atoms with Crippen LogP contribution in [0.5, 0.6) is 0 Å². The summed E-state index contributed by atoms with van der Waals surface area (Å²) >= 11 is 0. The number of benzene rings is 5. The van der Waals surface area contributed by atoms with E-state index in [1.54, 1.807) is 12.4 Å². The second-order valence-electron chi connectivity index (χ2n) is 11.2. The van der Waals surface area contributed by atoms with Crippen molar-refractivity contribution in [3.05, 3.63) is 138 Å². The largest absolute Gasteiger partial charge is 0.416 e. The number of halogens is 3. The molecule has 0 atom stereocenters. The molecule has 0 radical (unpaired) electrons. The monoisotopic (exact) mass is 592 g/mol. The van der Waals surface area contributed by atoms with Gasteiger partial charge in [0.25, 0.3) is 0 Å². The van der Waals surface area contributed by atoms with Crippen LogP contribution in [0.3, 0.4) is 0 Å². The van der Waals surface area contributed by atoms with Crippen LogP contribution in [0, 0.1) is 18.3 Å². The van der Waals surface area contributed by atoms with E-state index in [-0.39, 0.29) is 0 Å². The van der Waals surface area contributed by atoms with Crippen molar-refractivity contribution in [2.45, 2.75) is 13.1 Å². The molecule has 8 aromatic rings. The van der Waals surface area contributed by atoms with Crippen molar-refractivity contribution in [1.82, 2.24) is 14.1 Å². The van der Waals surface area contributed by atoms with Gasteiger partial charge in [-0.05, 0) is 79.2 Å². The Balaban J connectivity index is 1.57. The number of aryl methyl sites for hydroxylation is 1. The zero-order valence-electron chi connectivity index (χ0n) is 24.0. The van der Waals surface area contributed by atoms with Gasteiger partial charge in [-0.2, -0.15) is 18.4 Å². The predicted octanol–water partition coefficient (Wildman–Crippen LogP) is 10.1. The van der Waals surface area contributed by atoms with Crippen LogP contribution in [0.2, 0.25) is 0 Å². The summed E-state index contributed by atoms with van der Waals surface area (Å²) in [5.74, 6) is 0. The van der Waals surface area contributed by atoms with Gasteiger partial charge in [0.2, 0.25) is 0 Å². The third-order valence-electron chi connectivity index (χ3n) is 8.50. The first-order valence-corrected chi connectivity index (χ1v) is 14.4. The van der Waals surface area contributed by atoms with E-state index in [4.69, 9.17) is 0 Å². The van der Waals surface area contributed by atoms with Crippen LogP contribution in [-0.4, -0.2) is 14.1 Å².